The first-order valence-corrected chi connectivity index (χ1v) is 14.8. The molecule has 1 heterocycles. The number of nitrogens with zero attached hydrogens (tertiary/aromatic N) is 1. The molecule has 2 aromatic carbocycles. The summed E-state index contributed by atoms with van der Waals surface area (Å²) in [6.07, 6.45) is 14.6. The lowest BCUT2D eigenvalue weighted by Crippen LogP contribution is -2.30. The number of rotatable bonds is 18. The van der Waals surface area contributed by atoms with Gasteiger partial charge in [-0.3, -0.25) is 4.79 Å². The maximum Gasteiger partial charge on any atom is 0.262 e. The Morgan fingerprint density at radius 3 is 2.37 bits per heavy atom. The van der Waals surface area contributed by atoms with Crippen molar-refractivity contribution in [2.75, 3.05) is 18.5 Å². The number of carbonyl (C=O) groups excluding carboxylic acids is 1. The molecule has 206 valence electrons. The van der Waals surface area contributed by atoms with Gasteiger partial charge in [-0.2, -0.15) is 4.57 Å². The molecule has 1 N–H and O–H groups in total. The Morgan fingerprint density at radius 1 is 0.947 bits per heavy atom. The number of aryl methyl sites for hydroxylation is 1. The van der Waals surface area contributed by atoms with Gasteiger partial charge in [0.25, 0.3) is 5.91 Å². The quantitative estimate of drug-likeness (QED) is 0.132. The van der Waals surface area contributed by atoms with Crippen molar-refractivity contribution in [3.8, 4) is 11.5 Å². The Balaban J connectivity index is 1.32. The van der Waals surface area contributed by atoms with Crippen LogP contribution in [0.4, 0.5) is 10.1 Å². The molecule has 0 aliphatic carbocycles. The molecule has 5 nitrogen and oxygen atoms in total. The maximum atomic E-state index is 14.4. The smallest absolute Gasteiger partial charge is 0.262 e. The van der Waals surface area contributed by atoms with E-state index in [-0.39, 0.29) is 18.3 Å². The van der Waals surface area contributed by atoms with Crippen molar-refractivity contribution < 1.29 is 23.2 Å². The molecule has 1 aromatic heterocycles. The molecule has 3 rings (SSSR count). The van der Waals surface area contributed by atoms with Crippen LogP contribution >= 0.6 is 11.3 Å². The number of hydrogen-bond donors (Lipinski definition) is 1. The van der Waals surface area contributed by atoms with Gasteiger partial charge in [0.1, 0.15) is 5.75 Å². The Kier molecular flexibility index (Phi) is 13.1. The minimum atomic E-state index is -0.483. The lowest BCUT2D eigenvalue weighted by atomic mass is 10.1. The van der Waals surface area contributed by atoms with Crippen molar-refractivity contribution in [1.29, 1.82) is 0 Å². The molecule has 0 saturated carbocycles. The van der Waals surface area contributed by atoms with Crippen molar-refractivity contribution in [3.05, 3.63) is 70.4 Å². The normalized spacial score (nSPS) is 10.9. The summed E-state index contributed by atoms with van der Waals surface area (Å²) >= 11 is 1.70. The van der Waals surface area contributed by atoms with Crippen LogP contribution in [0.2, 0.25) is 0 Å². The van der Waals surface area contributed by atoms with Gasteiger partial charge in [-0.1, -0.05) is 88.2 Å². The van der Waals surface area contributed by atoms with E-state index in [0.717, 1.165) is 24.9 Å². The number of halogens is 1. The first kappa shape index (κ1) is 29.6. The summed E-state index contributed by atoms with van der Waals surface area (Å²) in [5, 5.41) is 2.84. The minimum Gasteiger partial charge on any atom is -0.491 e. The van der Waals surface area contributed by atoms with Crippen molar-refractivity contribution >= 4 is 22.9 Å². The van der Waals surface area contributed by atoms with Gasteiger partial charge in [-0.25, -0.2) is 4.39 Å². The highest BCUT2D eigenvalue weighted by Gasteiger charge is 2.10. The first-order valence-electron chi connectivity index (χ1n) is 13.9. The van der Waals surface area contributed by atoms with E-state index < -0.39 is 5.82 Å². The number of amides is 1. The second-order valence-electron chi connectivity index (χ2n) is 9.80. The monoisotopic (exact) mass is 541 g/mol. The topological polar surface area (TPSA) is 51.4 Å². The summed E-state index contributed by atoms with van der Waals surface area (Å²) in [7, 11) is 0. The van der Waals surface area contributed by atoms with Gasteiger partial charge in [0.15, 0.2) is 30.9 Å². The van der Waals surface area contributed by atoms with Gasteiger partial charge in [-0.05, 0) is 37.6 Å². The lowest BCUT2D eigenvalue weighted by molar-refractivity contribution is -0.683. The fourth-order valence-corrected chi connectivity index (χ4v) is 4.93. The zero-order chi connectivity index (χ0) is 27.0. The van der Waals surface area contributed by atoms with Crippen LogP contribution in [0.5, 0.6) is 11.5 Å². The molecule has 0 aliphatic heterocycles. The highest BCUT2D eigenvalue weighted by Crippen LogP contribution is 2.23. The van der Waals surface area contributed by atoms with E-state index in [9.17, 15) is 9.18 Å². The number of thiazole rings is 1. The third kappa shape index (κ3) is 11.2. The van der Waals surface area contributed by atoms with E-state index in [1.807, 2.05) is 24.3 Å². The number of carbonyl (C=O) groups is 1. The van der Waals surface area contributed by atoms with Crippen LogP contribution in [-0.2, 0) is 11.3 Å². The molecular weight excluding hydrogens is 499 g/mol. The molecule has 0 atom stereocenters. The molecule has 38 heavy (non-hydrogen) atoms. The van der Waals surface area contributed by atoms with Crippen LogP contribution < -0.4 is 19.4 Å². The second-order valence-corrected chi connectivity index (χ2v) is 10.9. The highest BCUT2D eigenvalue weighted by molar-refractivity contribution is 7.09. The number of benzene rings is 2. The third-order valence-corrected chi connectivity index (χ3v) is 7.18. The molecule has 0 spiro atoms. The molecule has 0 radical (unpaired) electrons. The van der Waals surface area contributed by atoms with Crippen LogP contribution in [0.15, 0.2) is 54.2 Å². The fraction of sp³-hybridized carbons (Fsp3) is 0.484. The van der Waals surface area contributed by atoms with Gasteiger partial charge < -0.3 is 14.8 Å². The van der Waals surface area contributed by atoms with Crippen LogP contribution in [-0.4, -0.2) is 19.1 Å². The maximum absolute atomic E-state index is 14.4. The van der Waals surface area contributed by atoms with E-state index in [2.05, 4.69) is 35.4 Å². The van der Waals surface area contributed by atoms with E-state index in [1.165, 1.54) is 62.3 Å². The molecule has 0 fully saturated rings. The number of nitrogens with one attached hydrogen (secondary N) is 1. The lowest BCUT2D eigenvalue weighted by Gasteiger charge is -2.11. The largest absolute Gasteiger partial charge is 0.491 e. The van der Waals surface area contributed by atoms with Gasteiger partial charge in [0, 0.05) is 17.3 Å². The fourth-order valence-electron chi connectivity index (χ4n) is 4.29. The zero-order valence-electron chi connectivity index (χ0n) is 22.8. The predicted molar refractivity (Wildman–Crippen MR) is 153 cm³/mol. The average Bonchev–Trinajstić information content (AvgIpc) is 3.31. The van der Waals surface area contributed by atoms with E-state index in [4.69, 9.17) is 9.47 Å². The number of hydrogen-bond acceptors (Lipinski definition) is 4. The summed E-state index contributed by atoms with van der Waals surface area (Å²) in [5.41, 5.74) is 3.86. The highest BCUT2D eigenvalue weighted by atomic mass is 32.1. The van der Waals surface area contributed by atoms with E-state index in [1.54, 1.807) is 23.5 Å². The molecule has 0 aliphatic rings. The molecule has 0 unspecified atom stereocenters. The number of aromatic nitrogens is 1. The van der Waals surface area contributed by atoms with Crippen molar-refractivity contribution in [2.24, 2.45) is 0 Å². The standard InChI is InChI=1S/C31H41FN2O3S/c1-3-4-5-6-7-8-9-10-11-12-18-36-30-17-16-28(20-29(30)32)37-23-31(35)33-27-15-13-14-26(19-27)22-34-21-25(2)38-24-34/h13-17,19-21,24H,3-12,18,22-23H2,1-2H3/p+1. The zero-order valence-corrected chi connectivity index (χ0v) is 23.7. The molecule has 1 amide bonds. The minimum absolute atomic E-state index is 0.207. The molecular formula is C31H42FN2O3S+. The number of unbranched alkanes of at least 4 members (excludes halogenated alkanes) is 9. The predicted octanol–water partition coefficient (Wildman–Crippen LogP) is 7.85. The van der Waals surface area contributed by atoms with Gasteiger partial charge in [0.05, 0.1) is 11.5 Å². The van der Waals surface area contributed by atoms with Gasteiger partial charge in [-0.15, -0.1) is 0 Å². The first-order chi connectivity index (χ1) is 18.5. The van der Waals surface area contributed by atoms with Gasteiger partial charge >= 0.3 is 0 Å². The molecule has 0 saturated heterocycles. The van der Waals surface area contributed by atoms with E-state index >= 15 is 0 Å². The van der Waals surface area contributed by atoms with E-state index in [0.29, 0.717) is 18.0 Å². The van der Waals surface area contributed by atoms with Crippen molar-refractivity contribution in [2.45, 2.75) is 84.6 Å². The summed E-state index contributed by atoms with van der Waals surface area (Å²) in [6.45, 7) is 5.34. The van der Waals surface area contributed by atoms with Crippen LogP contribution in [0.25, 0.3) is 0 Å². The van der Waals surface area contributed by atoms with Crippen LogP contribution in [0.1, 0.15) is 81.6 Å². The Hall–Kier alpha value is -2.93. The van der Waals surface area contributed by atoms with Crippen LogP contribution in [0.3, 0.4) is 0 Å². The Bertz CT molecular complexity index is 1120. The number of ether oxygens (including phenoxy) is 2. The summed E-state index contributed by atoms with van der Waals surface area (Å²) in [6, 6.07) is 12.2. The number of anilines is 1. The Morgan fingerprint density at radius 2 is 1.68 bits per heavy atom. The second kappa shape index (κ2) is 16.8. The average molecular weight is 542 g/mol. The van der Waals surface area contributed by atoms with Crippen molar-refractivity contribution in [1.82, 2.24) is 0 Å². The molecule has 0 bridgehead atoms. The SMILES string of the molecule is CCCCCCCCCCCCOc1ccc(OCC(=O)Nc2cccc(C[n+]3csc(C)c3)c2)cc1F. The summed E-state index contributed by atoms with van der Waals surface area (Å²) in [5.74, 6) is -0.276. The summed E-state index contributed by atoms with van der Waals surface area (Å²) < 4.78 is 27.7. The third-order valence-electron chi connectivity index (χ3n) is 6.33. The molecule has 3 aromatic rings. The van der Waals surface area contributed by atoms with Gasteiger partial charge in [0.2, 0.25) is 5.51 Å². The van der Waals surface area contributed by atoms with Crippen molar-refractivity contribution in [3.63, 3.8) is 0 Å². The molecule has 7 heteroatoms. The summed E-state index contributed by atoms with van der Waals surface area (Å²) in [4.78, 5) is 13.6. The van der Waals surface area contributed by atoms with Crippen LogP contribution in [0, 0.1) is 12.7 Å². The Labute approximate surface area is 231 Å².